The van der Waals surface area contributed by atoms with Gasteiger partial charge in [0.2, 0.25) is 0 Å². The third-order valence-electron chi connectivity index (χ3n) is 4.00. The van der Waals surface area contributed by atoms with Gasteiger partial charge >= 0.3 is 18.0 Å². The number of rotatable bonds is 5. The molecule has 1 saturated carbocycles. The van der Waals surface area contributed by atoms with Crippen LogP contribution in [0.1, 0.15) is 45.4 Å². The lowest BCUT2D eigenvalue weighted by Crippen LogP contribution is -2.49. The van der Waals surface area contributed by atoms with E-state index in [1.165, 1.54) is 14.0 Å². The molecule has 0 aliphatic heterocycles. The fraction of sp³-hybridized carbons (Fsp3) is 0.786. The van der Waals surface area contributed by atoms with Gasteiger partial charge in [-0.2, -0.15) is 0 Å². The van der Waals surface area contributed by atoms with Crippen LogP contribution in [0.15, 0.2) is 0 Å². The van der Waals surface area contributed by atoms with Crippen LogP contribution in [-0.2, 0) is 14.3 Å². The highest BCUT2D eigenvalue weighted by atomic mass is 16.5. The molecule has 2 amide bonds. The van der Waals surface area contributed by atoms with Gasteiger partial charge in [-0.05, 0) is 19.8 Å². The molecule has 1 atom stereocenters. The van der Waals surface area contributed by atoms with E-state index < -0.39 is 29.4 Å². The Labute approximate surface area is 124 Å². The molecule has 1 aliphatic carbocycles. The Morgan fingerprint density at radius 2 is 1.76 bits per heavy atom. The maximum Gasteiger partial charge on any atom is 0.328 e. The number of nitrogens with one attached hydrogen (secondary N) is 2. The minimum Gasteiger partial charge on any atom is -0.481 e. The first-order valence-corrected chi connectivity index (χ1v) is 7.27. The summed E-state index contributed by atoms with van der Waals surface area (Å²) in [5.74, 6) is -1.42. The Morgan fingerprint density at radius 1 is 1.19 bits per heavy atom. The molecule has 1 rings (SSSR count). The van der Waals surface area contributed by atoms with E-state index in [1.807, 2.05) is 0 Å². The topological polar surface area (TPSA) is 105 Å². The van der Waals surface area contributed by atoms with Gasteiger partial charge in [0.15, 0.2) is 0 Å². The zero-order chi connectivity index (χ0) is 15.9. The maximum absolute atomic E-state index is 11.7. The summed E-state index contributed by atoms with van der Waals surface area (Å²) in [7, 11) is 1.24. The fourth-order valence-electron chi connectivity index (χ4n) is 2.60. The number of aliphatic carboxylic acids is 1. The van der Waals surface area contributed by atoms with E-state index in [0.29, 0.717) is 12.8 Å². The number of amides is 2. The molecular formula is C14H24N2O5. The second-order valence-corrected chi connectivity index (χ2v) is 5.57. The average Bonchev–Trinajstić information content (AvgIpc) is 2.70. The Kier molecular flexibility index (Phi) is 6.45. The van der Waals surface area contributed by atoms with Crippen LogP contribution in [0.25, 0.3) is 0 Å². The van der Waals surface area contributed by atoms with Crippen LogP contribution in [0.5, 0.6) is 0 Å². The predicted octanol–water partition coefficient (Wildman–Crippen LogP) is 1.27. The molecule has 7 nitrogen and oxygen atoms in total. The summed E-state index contributed by atoms with van der Waals surface area (Å²) in [6.45, 7) is 1.58. The van der Waals surface area contributed by atoms with Crippen molar-refractivity contribution in [2.75, 3.05) is 13.7 Å². The zero-order valence-electron chi connectivity index (χ0n) is 12.6. The largest absolute Gasteiger partial charge is 0.481 e. The van der Waals surface area contributed by atoms with E-state index in [9.17, 15) is 19.5 Å². The molecule has 0 aromatic carbocycles. The number of carboxylic acid groups (broad SMARTS) is 1. The van der Waals surface area contributed by atoms with E-state index in [2.05, 4.69) is 15.4 Å². The number of carboxylic acids is 1. The molecule has 0 heterocycles. The molecule has 7 heteroatoms. The van der Waals surface area contributed by atoms with E-state index >= 15 is 0 Å². The number of carbonyl (C=O) groups is 3. The molecule has 21 heavy (non-hydrogen) atoms. The van der Waals surface area contributed by atoms with Crippen LogP contribution in [-0.4, -0.2) is 42.8 Å². The van der Waals surface area contributed by atoms with Crippen molar-refractivity contribution in [3.8, 4) is 0 Å². The van der Waals surface area contributed by atoms with Crippen molar-refractivity contribution in [2.45, 2.75) is 51.5 Å². The van der Waals surface area contributed by atoms with Crippen LogP contribution in [0.3, 0.4) is 0 Å². The number of methoxy groups -OCH3 is 1. The summed E-state index contributed by atoms with van der Waals surface area (Å²) < 4.78 is 4.51. The summed E-state index contributed by atoms with van der Waals surface area (Å²) in [6, 6.07) is -1.33. The highest BCUT2D eigenvalue weighted by molar-refractivity contribution is 5.83. The van der Waals surface area contributed by atoms with Crippen molar-refractivity contribution < 1.29 is 24.2 Å². The van der Waals surface area contributed by atoms with Gasteiger partial charge in [-0.15, -0.1) is 0 Å². The lowest BCUT2D eigenvalue weighted by molar-refractivity contribution is -0.149. The van der Waals surface area contributed by atoms with Crippen molar-refractivity contribution in [1.82, 2.24) is 10.6 Å². The molecule has 1 aliphatic rings. The molecule has 1 fully saturated rings. The molecule has 0 spiro atoms. The Hall–Kier alpha value is -1.79. The van der Waals surface area contributed by atoms with Gasteiger partial charge < -0.3 is 20.5 Å². The molecule has 1 unspecified atom stereocenters. The van der Waals surface area contributed by atoms with Crippen molar-refractivity contribution >= 4 is 18.0 Å². The van der Waals surface area contributed by atoms with Crippen molar-refractivity contribution in [3.63, 3.8) is 0 Å². The van der Waals surface area contributed by atoms with Crippen molar-refractivity contribution in [2.24, 2.45) is 5.41 Å². The lowest BCUT2D eigenvalue weighted by atomic mass is 9.80. The smallest absolute Gasteiger partial charge is 0.328 e. The van der Waals surface area contributed by atoms with Crippen LogP contribution in [0.2, 0.25) is 0 Å². The minimum absolute atomic E-state index is 0.0715. The molecule has 0 saturated heterocycles. The third kappa shape index (κ3) is 4.91. The highest BCUT2D eigenvalue weighted by Gasteiger charge is 2.39. The van der Waals surface area contributed by atoms with Crippen molar-refractivity contribution in [1.29, 1.82) is 0 Å². The van der Waals surface area contributed by atoms with Crippen LogP contribution in [0, 0.1) is 5.41 Å². The van der Waals surface area contributed by atoms with E-state index in [0.717, 1.165) is 25.7 Å². The normalized spacial score (nSPS) is 19.0. The molecule has 0 aromatic rings. The number of ether oxygens (including phenoxy) is 1. The lowest BCUT2D eigenvalue weighted by Gasteiger charge is -2.28. The molecule has 0 radical (unpaired) electrons. The second-order valence-electron chi connectivity index (χ2n) is 5.57. The highest BCUT2D eigenvalue weighted by Crippen LogP contribution is 2.34. The van der Waals surface area contributed by atoms with E-state index in [-0.39, 0.29) is 6.54 Å². The summed E-state index contributed by atoms with van der Waals surface area (Å²) in [5, 5.41) is 14.5. The van der Waals surface area contributed by atoms with E-state index in [4.69, 9.17) is 0 Å². The summed E-state index contributed by atoms with van der Waals surface area (Å²) in [5.41, 5.74) is -0.900. The molecular weight excluding hydrogens is 276 g/mol. The number of hydrogen-bond donors (Lipinski definition) is 3. The standard InChI is InChI=1S/C14H24N2O5/c1-10(11(17)21-2)16-13(20)15-9-14(12(18)19)7-5-3-4-6-8-14/h10H,3-9H2,1-2H3,(H,18,19)(H2,15,16,20). The first kappa shape index (κ1) is 17.3. The van der Waals surface area contributed by atoms with E-state index in [1.54, 1.807) is 0 Å². The summed E-state index contributed by atoms with van der Waals surface area (Å²) in [4.78, 5) is 34.5. The molecule has 3 N–H and O–H groups in total. The third-order valence-corrected chi connectivity index (χ3v) is 4.00. The Morgan fingerprint density at radius 3 is 2.24 bits per heavy atom. The molecule has 0 aromatic heterocycles. The summed E-state index contributed by atoms with van der Waals surface area (Å²) >= 11 is 0. The number of urea groups is 1. The van der Waals surface area contributed by atoms with Gasteiger partial charge in [0, 0.05) is 6.54 Å². The SMILES string of the molecule is COC(=O)C(C)NC(=O)NCC1(C(=O)O)CCCCCC1. The predicted molar refractivity (Wildman–Crippen MR) is 75.8 cm³/mol. The fourth-order valence-corrected chi connectivity index (χ4v) is 2.60. The number of carbonyl (C=O) groups excluding carboxylic acids is 2. The van der Waals surface area contributed by atoms with Gasteiger partial charge in [-0.3, -0.25) is 4.79 Å². The first-order valence-electron chi connectivity index (χ1n) is 7.27. The van der Waals surface area contributed by atoms with Crippen LogP contribution in [0.4, 0.5) is 4.79 Å². The van der Waals surface area contributed by atoms with Gasteiger partial charge in [-0.25, -0.2) is 9.59 Å². The monoisotopic (exact) mass is 300 g/mol. The number of esters is 1. The maximum atomic E-state index is 11.7. The van der Waals surface area contributed by atoms with Crippen molar-refractivity contribution in [3.05, 3.63) is 0 Å². The quantitative estimate of drug-likeness (QED) is 0.524. The molecule has 0 bridgehead atoms. The second kappa shape index (κ2) is 7.85. The zero-order valence-corrected chi connectivity index (χ0v) is 12.6. The average molecular weight is 300 g/mol. The number of hydrogen-bond acceptors (Lipinski definition) is 4. The minimum atomic E-state index is -0.900. The molecule has 120 valence electrons. The Bertz CT molecular complexity index is 389. The van der Waals surface area contributed by atoms with Crippen LogP contribution < -0.4 is 10.6 Å². The van der Waals surface area contributed by atoms with Crippen LogP contribution >= 0.6 is 0 Å². The summed E-state index contributed by atoms with van der Waals surface area (Å²) in [6.07, 6.45) is 4.90. The van der Waals surface area contributed by atoms with Gasteiger partial charge in [0.1, 0.15) is 6.04 Å². The Balaban J connectivity index is 2.55. The van der Waals surface area contributed by atoms with Gasteiger partial charge in [0.25, 0.3) is 0 Å². The van der Waals surface area contributed by atoms with Gasteiger partial charge in [-0.1, -0.05) is 25.7 Å². The van der Waals surface area contributed by atoms with Gasteiger partial charge in [0.05, 0.1) is 12.5 Å². The first-order chi connectivity index (χ1) is 9.91.